The largest absolute Gasteiger partial charge is 0.478 e. The Morgan fingerprint density at radius 3 is 2.21 bits per heavy atom. The van der Waals surface area contributed by atoms with Crippen LogP contribution >= 0.6 is 0 Å². The summed E-state index contributed by atoms with van der Waals surface area (Å²) in [5, 5.41) is 16.7. The molecule has 1 aromatic rings. The maximum absolute atomic E-state index is 10.3. The van der Waals surface area contributed by atoms with E-state index in [2.05, 4.69) is 4.42 Å². The van der Waals surface area contributed by atoms with Crippen molar-refractivity contribution in [2.24, 2.45) is 0 Å². The fourth-order valence-corrected chi connectivity index (χ4v) is 0.643. The van der Waals surface area contributed by atoms with Gasteiger partial charge in [0.05, 0.1) is 6.26 Å². The average molecular weight is 199 g/mol. The van der Waals surface area contributed by atoms with Gasteiger partial charge in [-0.1, -0.05) is 0 Å². The molecule has 14 heavy (non-hydrogen) atoms. The van der Waals surface area contributed by atoms with Crippen molar-refractivity contribution in [3.8, 4) is 0 Å². The van der Waals surface area contributed by atoms with Gasteiger partial charge in [-0.3, -0.25) is 0 Å². The first-order valence-electron chi connectivity index (χ1n) is 3.09. The summed E-state index contributed by atoms with van der Waals surface area (Å²) in [6.07, 6.45) is 1.02. The summed E-state index contributed by atoms with van der Waals surface area (Å²) in [5.74, 6) is -3.24. The lowest BCUT2D eigenvalue weighted by atomic mass is 10.2. The van der Waals surface area contributed by atoms with Crippen molar-refractivity contribution >= 4 is 11.9 Å². The van der Waals surface area contributed by atoms with Crippen LogP contribution in [-0.4, -0.2) is 22.2 Å². The fourth-order valence-electron chi connectivity index (χ4n) is 0.643. The second-order valence-electron chi connectivity index (χ2n) is 1.87. The minimum Gasteiger partial charge on any atom is -0.478 e. The third-order valence-electron chi connectivity index (χ3n) is 1.09. The summed E-state index contributed by atoms with van der Waals surface area (Å²) >= 11 is 0. The SMILES string of the molecule is O=C(O)c1ccoc1C(=O)O.[N-]=[N+]=N. The number of hydrogen-bond acceptors (Lipinski definition) is 4. The zero-order valence-electron chi connectivity index (χ0n) is 6.67. The summed E-state index contributed by atoms with van der Waals surface area (Å²) < 4.78 is 4.41. The molecule has 0 radical (unpaired) electrons. The van der Waals surface area contributed by atoms with E-state index in [0.717, 1.165) is 12.3 Å². The molecule has 0 atom stereocenters. The Bertz CT molecular complexity index is 348. The smallest absolute Gasteiger partial charge is 0.372 e. The fraction of sp³-hybridized carbons (Fsp3) is 0. The standard InChI is InChI=1S/C6H4O5.HN3/c7-5(8)3-1-2-11-4(3)6(9)10;1-3-2/h1-2H,(H,7,8)(H,9,10);1H. The van der Waals surface area contributed by atoms with E-state index in [9.17, 15) is 9.59 Å². The number of furan rings is 1. The third kappa shape index (κ3) is 2.88. The van der Waals surface area contributed by atoms with Crippen LogP contribution in [0.1, 0.15) is 20.9 Å². The van der Waals surface area contributed by atoms with Crippen LogP contribution in [0.3, 0.4) is 0 Å². The summed E-state index contributed by atoms with van der Waals surface area (Å²) in [6, 6.07) is 1.09. The van der Waals surface area contributed by atoms with E-state index >= 15 is 0 Å². The molecule has 1 heterocycles. The molecular weight excluding hydrogens is 194 g/mol. The molecule has 0 aromatic carbocycles. The van der Waals surface area contributed by atoms with Gasteiger partial charge in [-0.05, 0) is 16.5 Å². The van der Waals surface area contributed by atoms with Crippen molar-refractivity contribution in [1.82, 2.24) is 0 Å². The third-order valence-corrected chi connectivity index (χ3v) is 1.09. The Morgan fingerprint density at radius 1 is 1.43 bits per heavy atom. The second-order valence-corrected chi connectivity index (χ2v) is 1.87. The molecule has 0 aliphatic carbocycles. The van der Waals surface area contributed by atoms with Crippen molar-refractivity contribution in [1.29, 1.82) is 5.53 Å². The van der Waals surface area contributed by atoms with Gasteiger partial charge in [0, 0.05) is 0 Å². The summed E-state index contributed by atoms with van der Waals surface area (Å²) in [7, 11) is 0. The van der Waals surface area contributed by atoms with E-state index in [1.165, 1.54) is 0 Å². The molecule has 0 unspecified atom stereocenters. The second kappa shape index (κ2) is 5.22. The molecule has 0 saturated carbocycles. The Labute approximate surface area is 76.8 Å². The van der Waals surface area contributed by atoms with Crippen molar-refractivity contribution in [3.63, 3.8) is 0 Å². The molecule has 0 aliphatic rings. The first-order chi connectivity index (χ1) is 6.54. The van der Waals surface area contributed by atoms with Gasteiger partial charge in [-0.25, -0.2) is 9.59 Å². The Hall–Kier alpha value is -2.47. The lowest BCUT2D eigenvalue weighted by Gasteiger charge is -1.88. The number of hydrogen-bond donors (Lipinski definition) is 3. The number of nitrogens with one attached hydrogen (secondary N) is 1. The van der Waals surface area contributed by atoms with Crippen molar-refractivity contribution < 1.29 is 24.2 Å². The molecule has 1 aromatic heterocycles. The highest BCUT2D eigenvalue weighted by Crippen LogP contribution is 2.09. The van der Waals surface area contributed by atoms with E-state index in [4.69, 9.17) is 21.3 Å². The van der Waals surface area contributed by atoms with E-state index in [1.54, 1.807) is 4.91 Å². The van der Waals surface area contributed by atoms with Gasteiger partial charge in [-0.2, -0.15) is 0 Å². The molecule has 1 rings (SSSR count). The zero-order chi connectivity index (χ0) is 11.1. The maximum Gasteiger partial charge on any atom is 0.372 e. The maximum atomic E-state index is 10.3. The molecule has 3 N–H and O–H groups in total. The molecule has 74 valence electrons. The van der Waals surface area contributed by atoms with Crippen LogP contribution in [0.2, 0.25) is 0 Å². The van der Waals surface area contributed by atoms with Crippen LogP contribution < -0.4 is 0 Å². The predicted molar refractivity (Wildman–Crippen MR) is 42.1 cm³/mol. The average Bonchev–Trinajstić information content (AvgIpc) is 2.52. The minimum absolute atomic E-state index is 0.336. The molecule has 0 spiro atoms. The highest BCUT2D eigenvalue weighted by molar-refractivity contribution is 5.99. The van der Waals surface area contributed by atoms with Gasteiger partial charge in [-0.15, -0.1) is 5.53 Å². The van der Waals surface area contributed by atoms with E-state index in [0.29, 0.717) is 0 Å². The minimum atomic E-state index is -1.38. The molecule has 0 aliphatic heterocycles. The molecule has 8 heteroatoms. The van der Waals surface area contributed by atoms with E-state index in [1.807, 2.05) is 0 Å². The van der Waals surface area contributed by atoms with Crippen molar-refractivity contribution in [2.75, 3.05) is 0 Å². The van der Waals surface area contributed by atoms with Crippen LogP contribution in [0.5, 0.6) is 0 Å². The zero-order valence-corrected chi connectivity index (χ0v) is 6.67. The van der Waals surface area contributed by atoms with Gasteiger partial charge >= 0.3 is 11.9 Å². The lowest BCUT2D eigenvalue weighted by Crippen LogP contribution is -2.03. The number of rotatable bonds is 2. The molecule has 0 saturated heterocycles. The quantitative estimate of drug-likeness (QED) is 0.375. The van der Waals surface area contributed by atoms with Gasteiger partial charge in [0.15, 0.2) is 0 Å². The predicted octanol–water partition coefficient (Wildman–Crippen LogP) is 1.55. The normalized spacial score (nSPS) is 8.00. The monoisotopic (exact) mass is 199 g/mol. The first-order valence-corrected chi connectivity index (χ1v) is 3.09. The van der Waals surface area contributed by atoms with Gasteiger partial charge in [0.2, 0.25) is 5.76 Å². The molecule has 0 bridgehead atoms. The Balaban J connectivity index is 0.000000500. The Kier molecular flexibility index (Phi) is 4.30. The topological polar surface area (TPSA) is 148 Å². The summed E-state index contributed by atoms with van der Waals surface area (Å²) in [6.45, 7) is 0. The lowest BCUT2D eigenvalue weighted by molar-refractivity contribution is 0.0626. The molecule has 8 nitrogen and oxygen atoms in total. The van der Waals surface area contributed by atoms with Crippen LogP contribution in [0.15, 0.2) is 16.7 Å². The van der Waals surface area contributed by atoms with E-state index in [-0.39, 0.29) is 5.56 Å². The Morgan fingerprint density at radius 2 is 1.93 bits per heavy atom. The van der Waals surface area contributed by atoms with Crippen LogP contribution in [0.4, 0.5) is 0 Å². The van der Waals surface area contributed by atoms with Crippen molar-refractivity contribution in [2.45, 2.75) is 0 Å². The molecular formula is C6H5N3O5. The molecule has 0 amide bonds. The number of carboxylic acid groups (broad SMARTS) is 2. The number of carboxylic acids is 2. The van der Waals surface area contributed by atoms with Crippen LogP contribution in [0.25, 0.3) is 10.4 Å². The van der Waals surface area contributed by atoms with Crippen molar-refractivity contribution in [3.05, 3.63) is 34.1 Å². The van der Waals surface area contributed by atoms with Gasteiger partial charge in [0.25, 0.3) is 0 Å². The van der Waals surface area contributed by atoms with E-state index < -0.39 is 17.7 Å². The summed E-state index contributed by atoms with van der Waals surface area (Å²) in [4.78, 5) is 22.2. The van der Waals surface area contributed by atoms with Gasteiger partial charge in [0.1, 0.15) is 5.56 Å². The summed E-state index contributed by atoms with van der Waals surface area (Å²) in [5.41, 5.74) is 11.9. The van der Waals surface area contributed by atoms with Crippen LogP contribution in [0, 0.1) is 5.53 Å². The number of nitrogens with zero attached hydrogens (tertiary/aromatic N) is 2. The number of aromatic carboxylic acids is 2. The number of carbonyl (C=O) groups is 2. The highest BCUT2D eigenvalue weighted by Gasteiger charge is 2.18. The highest BCUT2D eigenvalue weighted by atomic mass is 16.4. The van der Waals surface area contributed by atoms with Gasteiger partial charge < -0.3 is 14.6 Å². The molecule has 0 fully saturated rings. The first kappa shape index (κ1) is 11.5. The van der Waals surface area contributed by atoms with Crippen LogP contribution in [-0.2, 0) is 0 Å².